The minimum atomic E-state index is -0.0301. The van der Waals surface area contributed by atoms with Gasteiger partial charge in [-0.3, -0.25) is 4.79 Å². The Bertz CT molecular complexity index is 339. The molecule has 0 aromatic heterocycles. The van der Waals surface area contributed by atoms with Crippen LogP contribution in [0, 0.1) is 0 Å². The Balaban J connectivity index is 2.66. The van der Waals surface area contributed by atoms with E-state index in [1.807, 2.05) is 19.1 Å². The Hall–Kier alpha value is -1.39. The van der Waals surface area contributed by atoms with Gasteiger partial charge in [0, 0.05) is 6.54 Å². The lowest BCUT2D eigenvalue weighted by atomic mass is 10.1. The van der Waals surface area contributed by atoms with Gasteiger partial charge in [-0.2, -0.15) is 0 Å². The molecule has 0 radical (unpaired) electrons. The third kappa shape index (κ3) is 3.64. The molecular weight excluding hydrogens is 206 g/mol. The van der Waals surface area contributed by atoms with E-state index in [9.17, 15) is 4.79 Å². The minimum Gasteiger partial charge on any atom is -0.493 e. The Morgan fingerprint density at radius 2 is 2.19 bits per heavy atom. The molecule has 0 aliphatic heterocycles. The summed E-state index contributed by atoms with van der Waals surface area (Å²) in [6.45, 7) is 3.08. The van der Waals surface area contributed by atoms with Gasteiger partial charge in [-0.05, 0) is 19.1 Å². The number of benzene rings is 1. The van der Waals surface area contributed by atoms with Crippen molar-refractivity contribution in [1.29, 1.82) is 0 Å². The van der Waals surface area contributed by atoms with E-state index in [1.54, 1.807) is 12.1 Å². The third-order valence-electron chi connectivity index (χ3n) is 2.06. The summed E-state index contributed by atoms with van der Waals surface area (Å²) in [5.41, 5.74) is 0.579. The fourth-order valence-electron chi connectivity index (χ4n) is 1.35. The van der Waals surface area contributed by atoms with Crippen molar-refractivity contribution >= 4 is 5.78 Å². The second-order valence-corrected chi connectivity index (χ2v) is 3.25. The zero-order valence-electron chi connectivity index (χ0n) is 9.40. The standard InChI is InChI=1S/C12H17NO3/c1-2-16-12-6-4-3-5-10(12)11(15)9-13-7-8-14/h3-6,13-14H,2,7-9H2,1H3. The van der Waals surface area contributed by atoms with Crippen LogP contribution >= 0.6 is 0 Å². The highest BCUT2D eigenvalue weighted by atomic mass is 16.5. The second kappa shape index (κ2) is 6.98. The van der Waals surface area contributed by atoms with E-state index < -0.39 is 0 Å². The van der Waals surface area contributed by atoms with E-state index in [0.29, 0.717) is 24.5 Å². The molecule has 0 saturated heterocycles. The van der Waals surface area contributed by atoms with Gasteiger partial charge in [0.15, 0.2) is 5.78 Å². The molecule has 4 nitrogen and oxygen atoms in total. The van der Waals surface area contributed by atoms with E-state index in [0.717, 1.165) is 0 Å². The molecule has 88 valence electrons. The molecule has 16 heavy (non-hydrogen) atoms. The van der Waals surface area contributed by atoms with Crippen molar-refractivity contribution < 1.29 is 14.6 Å². The van der Waals surface area contributed by atoms with Crippen LogP contribution in [-0.4, -0.2) is 37.2 Å². The number of hydrogen-bond acceptors (Lipinski definition) is 4. The fraction of sp³-hybridized carbons (Fsp3) is 0.417. The molecule has 0 atom stereocenters. The summed E-state index contributed by atoms with van der Waals surface area (Å²) < 4.78 is 5.37. The van der Waals surface area contributed by atoms with Crippen molar-refractivity contribution in [3.8, 4) is 5.75 Å². The van der Waals surface area contributed by atoms with Crippen LogP contribution in [0.5, 0.6) is 5.75 Å². The van der Waals surface area contributed by atoms with Gasteiger partial charge in [-0.1, -0.05) is 12.1 Å². The average molecular weight is 223 g/mol. The Morgan fingerprint density at radius 3 is 2.88 bits per heavy atom. The van der Waals surface area contributed by atoms with Gasteiger partial charge in [0.1, 0.15) is 5.75 Å². The number of aliphatic hydroxyl groups is 1. The number of Topliss-reactive ketones (excluding diaryl/α,β-unsaturated/α-hetero) is 1. The number of carbonyl (C=O) groups excluding carboxylic acids is 1. The molecule has 2 N–H and O–H groups in total. The summed E-state index contributed by atoms with van der Waals surface area (Å²) in [6.07, 6.45) is 0. The predicted molar refractivity (Wildman–Crippen MR) is 61.9 cm³/mol. The number of rotatable bonds is 7. The summed E-state index contributed by atoms with van der Waals surface area (Å²) in [5, 5.41) is 11.4. The Morgan fingerprint density at radius 1 is 1.44 bits per heavy atom. The first-order valence-corrected chi connectivity index (χ1v) is 5.36. The lowest BCUT2D eigenvalue weighted by molar-refractivity contribution is 0.0986. The van der Waals surface area contributed by atoms with Crippen LogP contribution in [0.15, 0.2) is 24.3 Å². The van der Waals surface area contributed by atoms with Crippen molar-refractivity contribution in [3.63, 3.8) is 0 Å². The number of hydrogen-bond donors (Lipinski definition) is 2. The van der Waals surface area contributed by atoms with Crippen molar-refractivity contribution in [1.82, 2.24) is 5.32 Å². The third-order valence-corrected chi connectivity index (χ3v) is 2.06. The van der Waals surface area contributed by atoms with E-state index in [1.165, 1.54) is 0 Å². The smallest absolute Gasteiger partial charge is 0.180 e. The molecule has 1 aromatic rings. The predicted octanol–water partition coefficient (Wildman–Crippen LogP) is 0.850. The maximum atomic E-state index is 11.8. The number of aliphatic hydroxyl groups excluding tert-OH is 1. The number of nitrogens with one attached hydrogen (secondary N) is 1. The van der Waals surface area contributed by atoms with Gasteiger partial charge in [0.2, 0.25) is 0 Å². The van der Waals surface area contributed by atoms with Crippen LogP contribution in [0.4, 0.5) is 0 Å². The first kappa shape index (κ1) is 12.7. The van der Waals surface area contributed by atoms with Crippen LogP contribution in [0.25, 0.3) is 0 Å². The zero-order chi connectivity index (χ0) is 11.8. The van der Waals surface area contributed by atoms with E-state index in [2.05, 4.69) is 5.32 Å². The van der Waals surface area contributed by atoms with Gasteiger partial charge in [-0.25, -0.2) is 0 Å². The normalized spacial score (nSPS) is 10.1. The largest absolute Gasteiger partial charge is 0.493 e. The summed E-state index contributed by atoms with van der Waals surface area (Å²) in [6, 6.07) is 7.17. The lowest BCUT2D eigenvalue weighted by Gasteiger charge is -2.09. The molecule has 0 unspecified atom stereocenters. The van der Waals surface area contributed by atoms with Gasteiger partial charge in [0.05, 0.1) is 25.3 Å². The number of carbonyl (C=O) groups is 1. The molecule has 0 aliphatic rings. The van der Waals surface area contributed by atoms with Gasteiger partial charge >= 0.3 is 0 Å². The van der Waals surface area contributed by atoms with Crippen molar-refractivity contribution in [3.05, 3.63) is 29.8 Å². The molecule has 0 bridgehead atoms. The second-order valence-electron chi connectivity index (χ2n) is 3.25. The quantitative estimate of drug-likeness (QED) is 0.531. The van der Waals surface area contributed by atoms with Crippen LogP contribution in [-0.2, 0) is 0 Å². The van der Waals surface area contributed by atoms with Gasteiger partial charge in [0.25, 0.3) is 0 Å². The molecule has 0 aliphatic carbocycles. The van der Waals surface area contributed by atoms with Crippen LogP contribution in [0.1, 0.15) is 17.3 Å². The molecule has 1 rings (SSSR count). The molecule has 0 spiro atoms. The molecular formula is C12H17NO3. The first-order chi connectivity index (χ1) is 7.79. The highest BCUT2D eigenvalue weighted by molar-refractivity contribution is 6.00. The summed E-state index contributed by atoms with van der Waals surface area (Å²) in [5.74, 6) is 0.582. The number of para-hydroxylation sites is 1. The maximum absolute atomic E-state index is 11.8. The maximum Gasteiger partial charge on any atom is 0.180 e. The van der Waals surface area contributed by atoms with Gasteiger partial charge < -0.3 is 15.2 Å². The van der Waals surface area contributed by atoms with E-state index >= 15 is 0 Å². The van der Waals surface area contributed by atoms with E-state index in [-0.39, 0.29) is 18.9 Å². The molecule has 0 fully saturated rings. The fourth-order valence-corrected chi connectivity index (χ4v) is 1.35. The van der Waals surface area contributed by atoms with Crippen molar-refractivity contribution in [2.24, 2.45) is 0 Å². The molecule has 1 aromatic carbocycles. The Labute approximate surface area is 95.2 Å². The molecule has 0 amide bonds. The minimum absolute atomic E-state index is 0.0282. The average Bonchev–Trinajstić information content (AvgIpc) is 2.30. The SMILES string of the molecule is CCOc1ccccc1C(=O)CNCCO. The van der Waals surface area contributed by atoms with Gasteiger partial charge in [-0.15, -0.1) is 0 Å². The summed E-state index contributed by atoms with van der Waals surface area (Å²) >= 11 is 0. The van der Waals surface area contributed by atoms with Crippen molar-refractivity contribution in [2.75, 3.05) is 26.3 Å². The lowest BCUT2D eigenvalue weighted by Crippen LogP contribution is -2.26. The first-order valence-electron chi connectivity index (χ1n) is 5.36. The topological polar surface area (TPSA) is 58.6 Å². The molecule has 0 heterocycles. The van der Waals surface area contributed by atoms with E-state index in [4.69, 9.17) is 9.84 Å². The zero-order valence-corrected chi connectivity index (χ0v) is 9.40. The number of ketones is 1. The van der Waals surface area contributed by atoms with Crippen LogP contribution in [0.2, 0.25) is 0 Å². The summed E-state index contributed by atoms with van der Waals surface area (Å²) in [4.78, 5) is 11.8. The monoisotopic (exact) mass is 223 g/mol. The van der Waals surface area contributed by atoms with Crippen molar-refractivity contribution in [2.45, 2.75) is 6.92 Å². The molecule has 0 saturated carbocycles. The van der Waals surface area contributed by atoms with Crippen LogP contribution < -0.4 is 10.1 Å². The number of ether oxygens (including phenoxy) is 1. The highest BCUT2D eigenvalue weighted by Gasteiger charge is 2.10. The van der Waals surface area contributed by atoms with Crippen LogP contribution in [0.3, 0.4) is 0 Å². The Kier molecular flexibility index (Phi) is 5.53. The molecule has 4 heteroatoms. The highest BCUT2D eigenvalue weighted by Crippen LogP contribution is 2.17. The summed E-state index contributed by atoms with van der Waals surface area (Å²) in [7, 11) is 0.